The van der Waals surface area contributed by atoms with Crippen LogP contribution in [0.2, 0.25) is 0 Å². The van der Waals surface area contributed by atoms with E-state index in [-0.39, 0.29) is 12.5 Å². The summed E-state index contributed by atoms with van der Waals surface area (Å²) in [4.78, 5) is 25.2. The summed E-state index contributed by atoms with van der Waals surface area (Å²) in [5, 5.41) is 16.2. The number of carbonyl (C=O) groups is 2. The molecule has 146 valence electrons. The summed E-state index contributed by atoms with van der Waals surface area (Å²) in [7, 11) is 0. The van der Waals surface area contributed by atoms with Crippen LogP contribution in [0.25, 0.3) is 10.8 Å². The summed E-state index contributed by atoms with van der Waals surface area (Å²) >= 11 is 5.79. The third-order valence-electron chi connectivity index (χ3n) is 4.59. The number of hydrogen-bond acceptors (Lipinski definition) is 3. The highest BCUT2D eigenvalue weighted by atomic mass is 35.5. The number of carbonyl (C=O) groups excluding carboxylic acids is 2. The molecule has 3 rings (SSSR count). The maximum absolute atomic E-state index is 12.6. The van der Waals surface area contributed by atoms with Crippen molar-refractivity contribution < 1.29 is 9.59 Å². The number of halogens is 1. The fraction of sp³-hybridized carbons (Fsp3) is 0.174. The van der Waals surface area contributed by atoms with E-state index >= 15 is 0 Å². The Labute approximate surface area is 174 Å². The van der Waals surface area contributed by atoms with Crippen LogP contribution in [0.15, 0.2) is 66.7 Å². The van der Waals surface area contributed by atoms with Crippen LogP contribution in [-0.4, -0.2) is 24.4 Å². The Kier molecular flexibility index (Phi) is 6.83. The molecule has 0 radical (unpaired) electrons. The molecule has 1 atom stereocenters. The molecule has 0 heterocycles. The van der Waals surface area contributed by atoms with Gasteiger partial charge in [-0.25, -0.2) is 0 Å². The van der Waals surface area contributed by atoms with Crippen LogP contribution in [0.4, 0.5) is 0 Å². The van der Waals surface area contributed by atoms with E-state index in [4.69, 9.17) is 16.9 Å². The Hall–Kier alpha value is -3.36. The molecule has 0 saturated carbocycles. The second-order valence-electron chi connectivity index (χ2n) is 6.62. The normalized spacial score (nSPS) is 11.4. The number of hydrogen-bond donors (Lipinski definition) is 2. The summed E-state index contributed by atoms with van der Waals surface area (Å²) in [6.45, 7) is -0.118. The van der Waals surface area contributed by atoms with E-state index in [1.165, 1.54) is 0 Å². The van der Waals surface area contributed by atoms with E-state index in [1.54, 1.807) is 24.3 Å². The van der Waals surface area contributed by atoms with Gasteiger partial charge in [0.25, 0.3) is 5.91 Å². The molecule has 0 fully saturated rings. The molecule has 0 aliphatic carbocycles. The summed E-state index contributed by atoms with van der Waals surface area (Å²) in [5.74, 6) is -0.391. The van der Waals surface area contributed by atoms with Crippen LogP contribution in [0.5, 0.6) is 0 Å². The number of nitrogens with one attached hydrogen (secondary N) is 2. The molecular formula is C23H20ClN3O2. The van der Waals surface area contributed by atoms with Gasteiger partial charge in [-0.15, -0.1) is 11.6 Å². The third kappa shape index (κ3) is 5.34. The van der Waals surface area contributed by atoms with Gasteiger partial charge in [-0.1, -0.05) is 54.6 Å². The molecule has 0 unspecified atom stereocenters. The summed E-state index contributed by atoms with van der Waals surface area (Å²) in [6, 6.07) is 21.8. The lowest BCUT2D eigenvalue weighted by Gasteiger charge is -2.18. The summed E-state index contributed by atoms with van der Waals surface area (Å²) in [6.07, 6.45) is 0.313. The average Bonchev–Trinajstić information content (AvgIpc) is 2.76. The molecule has 29 heavy (non-hydrogen) atoms. The molecule has 2 amide bonds. The van der Waals surface area contributed by atoms with E-state index in [2.05, 4.69) is 10.6 Å². The highest BCUT2D eigenvalue weighted by molar-refractivity contribution is 6.17. The van der Waals surface area contributed by atoms with Crippen molar-refractivity contribution in [1.29, 1.82) is 5.26 Å². The number of alkyl halides is 1. The summed E-state index contributed by atoms with van der Waals surface area (Å²) < 4.78 is 0. The van der Waals surface area contributed by atoms with Gasteiger partial charge in [-0.05, 0) is 34.0 Å². The van der Waals surface area contributed by atoms with Crippen molar-refractivity contribution in [3.05, 3.63) is 83.4 Å². The standard InChI is InChI=1S/C23H20ClN3O2/c24-15-16-5-9-19(10-6-16)22(28)27-21(23(29)26-12-11-25)14-17-7-8-18-3-1-2-4-20(18)13-17/h1-10,13,21H,12,14-15H2,(H,26,29)(H,27,28)/t21-/m0/s1. The number of fused-ring (bicyclic) bond motifs is 1. The molecule has 0 aliphatic rings. The fourth-order valence-corrected chi connectivity index (χ4v) is 3.23. The van der Waals surface area contributed by atoms with Crippen molar-refractivity contribution in [2.24, 2.45) is 0 Å². The van der Waals surface area contributed by atoms with Gasteiger partial charge in [0, 0.05) is 17.9 Å². The number of rotatable bonds is 7. The van der Waals surface area contributed by atoms with E-state index in [9.17, 15) is 9.59 Å². The number of nitriles is 1. The van der Waals surface area contributed by atoms with E-state index < -0.39 is 11.9 Å². The number of amides is 2. The minimum atomic E-state index is -0.801. The molecule has 6 heteroatoms. The second kappa shape index (κ2) is 9.72. The molecule has 3 aromatic carbocycles. The van der Waals surface area contributed by atoms with Crippen LogP contribution in [0.1, 0.15) is 21.5 Å². The van der Waals surface area contributed by atoms with Gasteiger partial charge in [0.1, 0.15) is 12.6 Å². The van der Waals surface area contributed by atoms with Crippen LogP contribution in [0, 0.1) is 11.3 Å². The Balaban J connectivity index is 1.79. The van der Waals surface area contributed by atoms with Crippen LogP contribution < -0.4 is 10.6 Å². The molecule has 5 nitrogen and oxygen atoms in total. The maximum atomic E-state index is 12.6. The predicted octanol–water partition coefficient (Wildman–Crippen LogP) is 3.56. The Morgan fingerprint density at radius 1 is 0.966 bits per heavy atom. The molecule has 0 aliphatic heterocycles. The molecule has 0 bridgehead atoms. The van der Waals surface area contributed by atoms with Crippen LogP contribution in [-0.2, 0) is 17.1 Å². The van der Waals surface area contributed by atoms with Gasteiger partial charge >= 0.3 is 0 Å². The zero-order valence-corrected chi connectivity index (χ0v) is 16.4. The number of nitrogens with zero attached hydrogens (tertiary/aromatic N) is 1. The third-order valence-corrected chi connectivity index (χ3v) is 4.90. The highest BCUT2D eigenvalue weighted by Crippen LogP contribution is 2.17. The van der Waals surface area contributed by atoms with Crippen LogP contribution >= 0.6 is 11.6 Å². The van der Waals surface area contributed by atoms with Crippen LogP contribution in [0.3, 0.4) is 0 Å². The largest absolute Gasteiger partial charge is 0.341 e. The highest BCUT2D eigenvalue weighted by Gasteiger charge is 2.22. The first-order chi connectivity index (χ1) is 14.1. The SMILES string of the molecule is N#CCNC(=O)[C@H](Cc1ccc2ccccc2c1)NC(=O)c1ccc(CCl)cc1. The summed E-state index contributed by atoms with van der Waals surface area (Å²) in [5.41, 5.74) is 2.26. The molecule has 0 aromatic heterocycles. The molecule has 0 spiro atoms. The van der Waals surface area contributed by atoms with Crippen molar-refractivity contribution in [3.8, 4) is 6.07 Å². The quantitative estimate of drug-likeness (QED) is 0.465. The smallest absolute Gasteiger partial charge is 0.251 e. The predicted molar refractivity (Wildman–Crippen MR) is 114 cm³/mol. The van der Waals surface area contributed by atoms with Crippen molar-refractivity contribution in [1.82, 2.24) is 10.6 Å². The van der Waals surface area contributed by atoms with Crippen molar-refractivity contribution in [2.75, 3.05) is 6.54 Å². The average molecular weight is 406 g/mol. The molecular weight excluding hydrogens is 386 g/mol. The topological polar surface area (TPSA) is 82.0 Å². The van der Waals surface area contributed by atoms with Gasteiger partial charge in [0.15, 0.2) is 0 Å². The molecule has 0 saturated heterocycles. The van der Waals surface area contributed by atoms with Gasteiger partial charge in [-0.3, -0.25) is 9.59 Å². The van der Waals surface area contributed by atoms with E-state index in [0.29, 0.717) is 17.9 Å². The van der Waals surface area contributed by atoms with Gasteiger partial charge in [-0.2, -0.15) is 5.26 Å². The Morgan fingerprint density at radius 3 is 2.34 bits per heavy atom. The Bertz CT molecular complexity index is 1060. The maximum Gasteiger partial charge on any atom is 0.251 e. The lowest BCUT2D eigenvalue weighted by Crippen LogP contribution is -2.48. The fourth-order valence-electron chi connectivity index (χ4n) is 3.05. The molecule has 3 aromatic rings. The van der Waals surface area contributed by atoms with Crippen molar-refractivity contribution in [3.63, 3.8) is 0 Å². The lowest BCUT2D eigenvalue weighted by atomic mass is 10.0. The lowest BCUT2D eigenvalue weighted by molar-refractivity contribution is -0.122. The van der Waals surface area contributed by atoms with E-state index in [1.807, 2.05) is 48.5 Å². The minimum absolute atomic E-state index is 0.118. The number of benzene rings is 3. The zero-order chi connectivity index (χ0) is 20.6. The molecule has 2 N–H and O–H groups in total. The van der Waals surface area contributed by atoms with Crippen molar-refractivity contribution in [2.45, 2.75) is 18.3 Å². The first kappa shape index (κ1) is 20.4. The van der Waals surface area contributed by atoms with E-state index in [0.717, 1.165) is 21.9 Å². The minimum Gasteiger partial charge on any atom is -0.341 e. The first-order valence-electron chi connectivity index (χ1n) is 9.19. The van der Waals surface area contributed by atoms with Gasteiger partial charge in [0.05, 0.1) is 6.07 Å². The first-order valence-corrected chi connectivity index (χ1v) is 9.72. The zero-order valence-electron chi connectivity index (χ0n) is 15.7. The van der Waals surface area contributed by atoms with Crippen molar-refractivity contribution >= 4 is 34.2 Å². The van der Waals surface area contributed by atoms with Gasteiger partial charge < -0.3 is 10.6 Å². The monoisotopic (exact) mass is 405 g/mol. The Morgan fingerprint density at radius 2 is 1.66 bits per heavy atom. The second-order valence-corrected chi connectivity index (χ2v) is 6.89. The van der Waals surface area contributed by atoms with Gasteiger partial charge in [0.2, 0.25) is 5.91 Å².